The summed E-state index contributed by atoms with van der Waals surface area (Å²) in [6, 6.07) is 9.08. The van der Waals surface area contributed by atoms with Gasteiger partial charge in [0, 0.05) is 36.7 Å². The predicted molar refractivity (Wildman–Crippen MR) is 80.8 cm³/mol. The smallest absolute Gasteiger partial charge is 0.0363 e. The summed E-state index contributed by atoms with van der Waals surface area (Å²) < 4.78 is 1.22. The van der Waals surface area contributed by atoms with Crippen LogP contribution in [0, 0.1) is 0 Å². The average molecular weight is 309 g/mol. The van der Waals surface area contributed by atoms with Crippen LogP contribution in [-0.2, 0) is 0 Å². The summed E-state index contributed by atoms with van der Waals surface area (Å²) in [5.41, 5.74) is 1.40. The number of halogens is 1. The van der Waals surface area contributed by atoms with Gasteiger partial charge in [-0.2, -0.15) is 0 Å². The van der Waals surface area contributed by atoms with Gasteiger partial charge in [-0.1, -0.05) is 40.2 Å². The van der Waals surface area contributed by atoms with E-state index in [2.05, 4.69) is 57.0 Å². The van der Waals surface area contributed by atoms with Gasteiger partial charge in [0.05, 0.1) is 0 Å². The van der Waals surface area contributed by atoms with Crippen LogP contribution >= 0.6 is 15.9 Å². The zero-order chi connectivity index (χ0) is 12.8. The Labute approximate surface area is 118 Å². The Kier molecular flexibility index (Phi) is 5.42. The monoisotopic (exact) mass is 308 g/mol. The number of piperazine rings is 1. The van der Waals surface area contributed by atoms with Crippen molar-refractivity contribution in [2.45, 2.75) is 18.9 Å². The van der Waals surface area contributed by atoms with Crippen LogP contribution in [0.4, 0.5) is 0 Å². The highest BCUT2D eigenvalue weighted by atomic mass is 79.9. The predicted octanol–water partition coefficient (Wildman–Crippen LogP) is 3.36. The van der Waals surface area contributed by atoms with Crippen LogP contribution in [0.25, 0.3) is 0 Å². The van der Waals surface area contributed by atoms with Crippen LogP contribution in [-0.4, -0.2) is 31.1 Å². The van der Waals surface area contributed by atoms with Gasteiger partial charge in [0.25, 0.3) is 0 Å². The quantitative estimate of drug-likeness (QED) is 0.839. The summed E-state index contributed by atoms with van der Waals surface area (Å²) in [5, 5.41) is 3.42. The van der Waals surface area contributed by atoms with Gasteiger partial charge in [-0.3, -0.25) is 4.90 Å². The van der Waals surface area contributed by atoms with Gasteiger partial charge >= 0.3 is 0 Å². The molecular formula is C15H21BrN2. The first-order valence-electron chi connectivity index (χ1n) is 6.63. The lowest BCUT2D eigenvalue weighted by Crippen LogP contribution is -2.45. The Hall–Kier alpha value is -0.640. The number of hydrogen-bond donors (Lipinski definition) is 1. The van der Waals surface area contributed by atoms with E-state index in [1.54, 1.807) is 0 Å². The lowest BCUT2D eigenvalue weighted by molar-refractivity contribution is 0.165. The van der Waals surface area contributed by atoms with Crippen molar-refractivity contribution >= 4 is 15.9 Å². The van der Waals surface area contributed by atoms with Gasteiger partial charge in [0.1, 0.15) is 0 Å². The molecule has 1 aliphatic heterocycles. The molecule has 18 heavy (non-hydrogen) atoms. The summed E-state index contributed by atoms with van der Waals surface area (Å²) in [6.07, 6.45) is 4.23. The summed E-state index contributed by atoms with van der Waals surface area (Å²) in [6.45, 7) is 8.29. The molecule has 0 aliphatic carbocycles. The molecule has 0 bridgehead atoms. The van der Waals surface area contributed by atoms with Gasteiger partial charge in [-0.15, -0.1) is 6.58 Å². The zero-order valence-corrected chi connectivity index (χ0v) is 12.3. The Bertz CT molecular complexity index is 386. The van der Waals surface area contributed by atoms with Crippen LogP contribution in [0.1, 0.15) is 24.4 Å². The Morgan fingerprint density at radius 1 is 1.33 bits per heavy atom. The maximum absolute atomic E-state index is 3.85. The second-order valence-corrected chi connectivity index (χ2v) is 5.54. The molecular weight excluding hydrogens is 288 g/mol. The van der Waals surface area contributed by atoms with E-state index < -0.39 is 0 Å². The van der Waals surface area contributed by atoms with Crippen molar-refractivity contribution in [3.05, 3.63) is 47.0 Å². The van der Waals surface area contributed by atoms with E-state index in [9.17, 15) is 0 Å². The average Bonchev–Trinajstić information content (AvgIpc) is 2.42. The van der Waals surface area contributed by atoms with Crippen LogP contribution in [0.2, 0.25) is 0 Å². The molecule has 98 valence electrons. The lowest BCUT2D eigenvalue weighted by atomic mass is 9.99. The first kappa shape index (κ1) is 13.8. The summed E-state index contributed by atoms with van der Waals surface area (Å²) >= 11 is 3.69. The summed E-state index contributed by atoms with van der Waals surface area (Å²) in [4.78, 5) is 2.58. The molecule has 1 heterocycles. The van der Waals surface area contributed by atoms with Gasteiger partial charge in [-0.05, 0) is 24.5 Å². The van der Waals surface area contributed by atoms with E-state index in [-0.39, 0.29) is 0 Å². The topological polar surface area (TPSA) is 15.3 Å². The van der Waals surface area contributed by atoms with E-state index in [4.69, 9.17) is 0 Å². The molecule has 1 aromatic carbocycles. The van der Waals surface area contributed by atoms with E-state index in [1.165, 1.54) is 10.0 Å². The Balaban J connectivity index is 2.18. The van der Waals surface area contributed by atoms with Crippen molar-refractivity contribution in [2.75, 3.05) is 26.2 Å². The largest absolute Gasteiger partial charge is 0.314 e. The third kappa shape index (κ3) is 3.44. The normalized spacial score (nSPS) is 18.5. The zero-order valence-electron chi connectivity index (χ0n) is 10.7. The minimum absolute atomic E-state index is 0.501. The highest BCUT2D eigenvalue weighted by Crippen LogP contribution is 2.31. The van der Waals surface area contributed by atoms with Crippen molar-refractivity contribution in [2.24, 2.45) is 0 Å². The number of nitrogens with one attached hydrogen (secondary N) is 1. The molecule has 1 aliphatic rings. The van der Waals surface area contributed by atoms with Crippen LogP contribution in [0.15, 0.2) is 41.4 Å². The Morgan fingerprint density at radius 3 is 2.72 bits per heavy atom. The van der Waals surface area contributed by atoms with Crippen molar-refractivity contribution in [1.82, 2.24) is 10.2 Å². The summed E-state index contributed by atoms with van der Waals surface area (Å²) in [7, 11) is 0. The van der Waals surface area contributed by atoms with E-state index >= 15 is 0 Å². The molecule has 1 N–H and O–H groups in total. The molecule has 1 fully saturated rings. The SMILES string of the molecule is C=CCC[C@@H](c1ccccc1Br)N1CCNCC1. The fourth-order valence-electron chi connectivity index (χ4n) is 2.55. The highest BCUT2D eigenvalue weighted by molar-refractivity contribution is 9.10. The molecule has 2 rings (SSSR count). The minimum Gasteiger partial charge on any atom is -0.314 e. The second-order valence-electron chi connectivity index (χ2n) is 4.69. The van der Waals surface area contributed by atoms with Gasteiger partial charge in [-0.25, -0.2) is 0 Å². The molecule has 0 aromatic heterocycles. The van der Waals surface area contributed by atoms with E-state index in [0.717, 1.165) is 39.0 Å². The first-order chi connectivity index (χ1) is 8.83. The van der Waals surface area contributed by atoms with Crippen molar-refractivity contribution in [3.63, 3.8) is 0 Å². The van der Waals surface area contributed by atoms with E-state index in [0.29, 0.717) is 6.04 Å². The van der Waals surface area contributed by atoms with Crippen molar-refractivity contribution in [1.29, 1.82) is 0 Å². The van der Waals surface area contributed by atoms with Crippen LogP contribution in [0.5, 0.6) is 0 Å². The maximum atomic E-state index is 3.85. The number of nitrogens with zero attached hydrogens (tertiary/aromatic N) is 1. The number of rotatable bonds is 5. The molecule has 1 atom stereocenters. The fraction of sp³-hybridized carbons (Fsp3) is 0.467. The van der Waals surface area contributed by atoms with Crippen molar-refractivity contribution < 1.29 is 0 Å². The third-order valence-electron chi connectivity index (χ3n) is 3.50. The first-order valence-corrected chi connectivity index (χ1v) is 7.42. The fourth-order valence-corrected chi connectivity index (χ4v) is 3.10. The Morgan fingerprint density at radius 2 is 2.06 bits per heavy atom. The third-order valence-corrected chi connectivity index (χ3v) is 4.22. The highest BCUT2D eigenvalue weighted by Gasteiger charge is 2.22. The number of benzene rings is 1. The molecule has 0 unspecified atom stereocenters. The van der Waals surface area contributed by atoms with Crippen molar-refractivity contribution in [3.8, 4) is 0 Å². The van der Waals surface area contributed by atoms with Crippen LogP contribution < -0.4 is 5.32 Å². The molecule has 0 radical (unpaired) electrons. The van der Waals surface area contributed by atoms with Gasteiger partial charge < -0.3 is 5.32 Å². The second kappa shape index (κ2) is 7.07. The van der Waals surface area contributed by atoms with Gasteiger partial charge in [0.2, 0.25) is 0 Å². The molecule has 2 nitrogen and oxygen atoms in total. The maximum Gasteiger partial charge on any atom is 0.0363 e. The summed E-state index contributed by atoms with van der Waals surface area (Å²) in [5.74, 6) is 0. The molecule has 0 spiro atoms. The molecule has 1 aromatic rings. The standard InChI is InChI=1S/C15H21BrN2/c1-2-3-8-15(18-11-9-17-10-12-18)13-6-4-5-7-14(13)16/h2,4-7,15,17H,1,3,8-12H2/t15-/m0/s1. The minimum atomic E-state index is 0.501. The lowest BCUT2D eigenvalue weighted by Gasteiger charge is -2.35. The van der Waals surface area contributed by atoms with Crippen LogP contribution in [0.3, 0.4) is 0 Å². The molecule has 0 amide bonds. The van der Waals surface area contributed by atoms with Gasteiger partial charge in [0.15, 0.2) is 0 Å². The molecule has 1 saturated heterocycles. The number of hydrogen-bond acceptors (Lipinski definition) is 2. The number of allylic oxidation sites excluding steroid dienone is 1. The van der Waals surface area contributed by atoms with E-state index in [1.807, 2.05) is 6.08 Å². The molecule has 3 heteroatoms. The molecule has 0 saturated carbocycles.